The van der Waals surface area contributed by atoms with E-state index in [0.29, 0.717) is 54.0 Å². The second-order valence-electron chi connectivity index (χ2n) is 12.0. The van der Waals surface area contributed by atoms with Gasteiger partial charge in [0.25, 0.3) is 0 Å². The van der Waals surface area contributed by atoms with E-state index >= 15 is 0 Å². The molecule has 0 saturated heterocycles. The van der Waals surface area contributed by atoms with Gasteiger partial charge >= 0.3 is 5.97 Å². The number of hydrogen-bond acceptors (Lipinski definition) is 6. The Labute approximate surface area is 291 Å². The highest BCUT2D eigenvalue weighted by atomic mass is 35.5. The Balaban J connectivity index is 1.37. The molecule has 4 heterocycles. The van der Waals surface area contributed by atoms with Crippen LogP contribution in [0.15, 0.2) is 53.4 Å². The number of aryl methyl sites for hydroxylation is 5. The number of hydrogen-bond donors (Lipinski definition) is 1. The van der Waals surface area contributed by atoms with Gasteiger partial charge in [-0.2, -0.15) is 10.2 Å². The van der Waals surface area contributed by atoms with E-state index in [2.05, 4.69) is 13.0 Å². The van der Waals surface area contributed by atoms with Gasteiger partial charge in [0.05, 0.1) is 34.2 Å². The topological polar surface area (TPSA) is 87.1 Å². The third-order valence-electron chi connectivity index (χ3n) is 8.98. The Morgan fingerprint density at radius 1 is 1.04 bits per heavy atom. The first-order valence-corrected chi connectivity index (χ1v) is 18.3. The number of rotatable bonds is 2. The van der Waals surface area contributed by atoms with Crippen LogP contribution in [0.1, 0.15) is 52.2 Å². The van der Waals surface area contributed by atoms with Crippen molar-refractivity contribution in [1.82, 2.24) is 24.1 Å². The second kappa shape index (κ2) is 13.2. The number of halogens is 2. The summed E-state index contributed by atoms with van der Waals surface area (Å²) in [5.74, 6) is 1.44. The average molecular weight is 704 g/mol. The predicted molar refractivity (Wildman–Crippen MR) is 192 cm³/mol. The quantitative estimate of drug-likeness (QED) is 0.193. The fourth-order valence-electron chi connectivity index (χ4n) is 6.83. The molecular formula is C36H35ClFN5O3S2. The molecular weight excluding hydrogens is 669 g/mol. The molecule has 0 radical (unpaired) electrons. The number of carbonyl (C=O) groups is 1. The lowest BCUT2D eigenvalue weighted by Gasteiger charge is -2.13. The molecule has 8 nitrogen and oxygen atoms in total. The van der Waals surface area contributed by atoms with Crippen LogP contribution in [0.5, 0.6) is 5.75 Å². The van der Waals surface area contributed by atoms with Gasteiger partial charge in [-0.05, 0) is 80.1 Å². The summed E-state index contributed by atoms with van der Waals surface area (Å²) in [5, 5.41) is 23.1. The van der Waals surface area contributed by atoms with E-state index in [1.807, 2.05) is 47.6 Å². The van der Waals surface area contributed by atoms with E-state index in [9.17, 15) is 14.3 Å². The Bertz CT molecular complexity index is 2220. The van der Waals surface area contributed by atoms with E-state index in [1.165, 1.54) is 12.1 Å². The molecule has 8 bridgehead atoms. The molecule has 1 aliphatic heterocycles. The van der Waals surface area contributed by atoms with E-state index < -0.39 is 5.97 Å². The van der Waals surface area contributed by atoms with Gasteiger partial charge in [-0.3, -0.25) is 9.36 Å². The van der Waals surface area contributed by atoms with E-state index in [1.54, 1.807) is 41.2 Å². The number of ether oxygens (including phenoxy) is 1. The molecule has 48 heavy (non-hydrogen) atoms. The highest BCUT2D eigenvalue weighted by Crippen LogP contribution is 2.43. The first kappa shape index (κ1) is 32.6. The van der Waals surface area contributed by atoms with Crippen LogP contribution in [0, 0.1) is 12.7 Å². The number of nitrogens with zero attached hydrogens (tertiary/aromatic N) is 5. The van der Waals surface area contributed by atoms with Crippen molar-refractivity contribution >= 4 is 62.8 Å². The van der Waals surface area contributed by atoms with E-state index in [0.717, 1.165) is 66.0 Å². The van der Waals surface area contributed by atoms with E-state index in [-0.39, 0.29) is 11.5 Å². The molecule has 12 heteroatoms. The van der Waals surface area contributed by atoms with Crippen LogP contribution < -0.4 is 4.74 Å². The van der Waals surface area contributed by atoms with Gasteiger partial charge in [0.1, 0.15) is 17.3 Å². The first-order valence-electron chi connectivity index (χ1n) is 15.8. The molecule has 0 aliphatic carbocycles. The second-order valence-corrected chi connectivity index (χ2v) is 14.4. The van der Waals surface area contributed by atoms with Crippen LogP contribution in [0.2, 0.25) is 5.02 Å². The molecule has 0 amide bonds. The van der Waals surface area contributed by atoms with Crippen LogP contribution in [-0.4, -0.2) is 41.8 Å². The molecule has 6 aromatic rings. The van der Waals surface area contributed by atoms with Crippen molar-refractivity contribution in [2.45, 2.75) is 55.4 Å². The zero-order chi connectivity index (χ0) is 33.7. The minimum absolute atomic E-state index is 0.234. The highest BCUT2D eigenvalue weighted by Gasteiger charge is 2.27. The van der Waals surface area contributed by atoms with Crippen LogP contribution in [0.3, 0.4) is 0 Å². The summed E-state index contributed by atoms with van der Waals surface area (Å²) in [6.45, 7) is 5.10. The maximum absolute atomic E-state index is 14.3. The molecule has 0 unspecified atom stereocenters. The fraction of sp³-hybridized carbons (Fsp3) is 0.306. The van der Waals surface area contributed by atoms with Crippen LogP contribution in [0.4, 0.5) is 4.39 Å². The van der Waals surface area contributed by atoms with Gasteiger partial charge in [0.15, 0.2) is 0 Å². The summed E-state index contributed by atoms with van der Waals surface area (Å²) in [6, 6.07) is 14.6. The number of fused-ring (bicyclic) bond motifs is 8. The van der Waals surface area contributed by atoms with Gasteiger partial charge in [-0.1, -0.05) is 17.7 Å². The van der Waals surface area contributed by atoms with Crippen molar-refractivity contribution in [3.8, 4) is 16.9 Å². The average Bonchev–Trinajstić information content (AvgIpc) is 3.67. The van der Waals surface area contributed by atoms with Crippen molar-refractivity contribution in [2.24, 2.45) is 14.1 Å². The van der Waals surface area contributed by atoms with Gasteiger partial charge in [0.2, 0.25) is 0 Å². The van der Waals surface area contributed by atoms with Crippen LogP contribution in [0.25, 0.3) is 32.8 Å². The number of aromatic nitrogens is 5. The monoisotopic (exact) mass is 703 g/mol. The molecule has 1 N–H and O–H groups in total. The van der Waals surface area contributed by atoms with Gasteiger partial charge < -0.3 is 14.4 Å². The molecule has 248 valence electrons. The first-order chi connectivity index (χ1) is 23.1. The number of aromatic carboxylic acids is 1. The van der Waals surface area contributed by atoms with Crippen molar-refractivity contribution in [3.05, 3.63) is 93.4 Å². The summed E-state index contributed by atoms with van der Waals surface area (Å²) in [6.07, 6.45) is 1.06. The highest BCUT2D eigenvalue weighted by molar-refractivity contribution is 7.98. The van der Waals surface area contributed by atoms with Gasteiger partial charge in [-0.25, -0.2) is 9.18 Å². The lowest BCUT2D eigenvalue weighted by atomic mass is 9.98. The zero-order valence-electron chi connectivity index (χ0n) is 27.1. The number of carboxylic acid groups (broad SMARTS) is 1. The molecule has 3 aromatic heterocycles. The van der Waals surface area contributed by atoms with Crippen molar-refractivity contribution < 1.29 is 19.0 Å². The van der Waals surface area contributed by atoms with Crippen molar-refractivity contribution in [1.29, 1.82) is 0 Å². The molecule has 0 fully saturated rings. The lowest BCUT2D eigenvalue weighted by Crippen LogP contribution is -2.09. The van der Waals surface area contributed by atoms with Crippen LogP contribution in [-0.2, 0) is 44.3 Å². The Morgan fingerprint density at radius 2 is 1.85 bits per heavy atom. The third kappa shape index (κ3) is 5.86. The third-order valence-corrected chi connectivity index (χ3v) is 11.3. The van der Waals surface area contributed by atoms with Crippen molar-refractivity contribution in [2.75, 3.05) is 6.61 Å². The van der Waals surface area contributed by atoms with Gasteiger partial charge in [0, 0.05) is 70.4 Å². The Morgan fingerprint density at radius 3 is 2.65 bits per heavy atom. The lowest BCUT2D eigenvalue weighted by molar-refractivity contribution is 0.0685. The maximum atomic E-state index is 14.3. The molecule has 0 atom stereocenters. The summed E-state index contributed by atoms with van der Waals surface area (Å²) in [4.78, 5) is 13.7. The number of benzene rings is 3. The maximum Gasteiger partial charge on any atom is 0.352 e. The zero-order valence-corrected chi connectivity index (χ0v) is 29.5. The summed E-state index contributed by atoms with van der Waals surface area (Å²) >= 11 is 10.4. The molecule has 1 aliphatic rings. The molecule has 0 saturated carbocycles. The smallest absolute Gasteiger partial charge is 0.352 e. The predicted octanol–water partition coefficient (Wildman–Crippen LogP) is 8.80. The Kier molecular flexibility index (Phi) is 8.95. The fourth-order valence-corrected chi connectivity index (χ4v) is 9.00. The van der Waals surface area contributed by atoms with Crippen molar-refractivity contribution in [3.63, 3.8) is 0 Å². The SMILES string of the molecule is CCn1nc(C)c2c1CSCc1cc(n(C)n1)CSc1cc(c3ccc(F)cc3c1)OCCCc1c(C(=O)O)n(C)c3c-2c(Cl)ccc13. The number of carboxylic acids is 1. The largest absolute Gasteiger partial charge is 0.493 e. The van der Waals surface area contributed by atoms with Crippen LogP contribution >= 0.6 is 35.1 Å². The molecule has 0 spiro atoms. The summed E-state index contributed by atoms with van der Waals surface area (Å²) < 4.78 is 26.4. The minimum Gasteiger partial charge on any atom is -0.493 e. The Hall–Kier alpha value is -3.93. The summed E-state index contributed by atoms with van der Waals surface area (Å²) in [7, 11) is 3.76. The minimum atomic E-state index is -0.995. The standard InChI is InChI=1S/C36H35ClFN5O3S2/c1-5-43-30-19-47-17-23-15-24(42(4)40-23)18-48-25-14-21-13-22(38)8-9-26(21)31(16-25)46-12-6-7-27-28-10-11-29(37)33(32(30)20(2)39-43)34(28)41(3)35(27)36(44)45/h8-11,13-16H,5-7,12,17-19H2,1-4H3,(H,44,45). The summed E-state index contributed by atoms with van der Waals surface area (Å²) in [5.41, 5.74) is 7.45. The van der Waals surface area contributed by atoms with E-state index in [4.69, 9.17) is 26.5 Å². The normalized spacial score (nSPS) is 14.2. The molecule has 3 aromatic carbocycles. The molecule has 7 rings (SSSR count). The van der Waals surface area contributed by atoms with Gasteiger partial charge in [-0.15, -0.1) is 23.5 Å². The number of thioether (sulfide) groups is 2.